The van der Waals surface area contributed by atoms with E-state index in [0.717, 1.165) is 17.7 Å². The minimum atomic E-state index is -0.640. The first-order valence-corrected chi connectivity index (χ1v) is 10.3. The van der Waals surface area contributed by atoms with Gasteiger partial charge in [-0.15, -0.1) is 0 Å². The Bertz CT molecular complexity index is 1030. The standard InChI is InChI=1S/C24H27N5O3/c1-3-22(30)29-12-11-18(16-29)21-10-9-20(23(25)31)24(28-21)32-19(14-26-2)15-27-13-17-7-5-4-6-8-17/h3-10,14-15,18,27H,1,11-13,16H2,2H3,(H2,25,31)/b19-15+,26-14?. The molecule has 2 aromatic rings. The highest BCUT2D eigenvalue weighted by Crippen LogP contribution is 2.29. The van der Waals surface area contributed by atoms with Crippen molar-refractivity contribution < 1.29 is 14.3 Å². The molecule has 0 aliphatic carbocycles. The van der Waals surface area contributed by atoms with Crippen molar-refractivity contribution in [3.63, 3.8) is 0 Å². The lowest BCUT2D eigenvalue weighted by Gasteiger charge is -2.15. The summed E-state index contributed by atoms with van der Waals surface area (Å²) in [4.78, 5) is 34.1. The van der Waals surface area contributed by atoms with E-state index < -0.39 is 5.91 Å². The Hall–Kier alpha value is -3.94. The predicted molar refractivity (Wildman–Crippen MR) is 123 cm³/mol. The maximum absolute atomic E-state index is 11.9. The molecule has 8 nitrogen and oxygen atoms in total. The van der Waals surface area contributed by atoms with E-state index in [9.17, 15) is 9.59 Å². The Morgan fingerprint density at radius 1 is 1.31 bits per heavy atom. The molecule has 2 amide bonds. The molecule has 2 heterocycles. The van der Waals surface area contributed by atoms with Gasteiger partial charge < -0.3 is 20.7 Å². The van der Waals surface area contributed by atoms with E-state index in [-0.39, 0.29) is 23.3 Å². The van der Waals surface area contributed by atoms with E-state index >= 15 is 0 Å². The van der Waals surface area contributed by atoms with Gasteiger partial charge in [-0.3, -0.25) is 14.6 Å². The summed E-state index contributed by atoms with van der Waals surface area (Å²) in [6.45, 7) is 5.29. The van der Waals surface area contributed by atoms with Crippen LogP contribution in [0.25, 0.3) is 0 Å². The van der Waals surface area contributed by atoms with Crippen LogP contribution in [0.3, 0.4) is 0 Å². The lowest BCUT2D eigenvalue weighted by molar-refractivity contribution is -0.125. The second-order valence-corrected chi connectivity index (χ2v) is 7.33. The first kappa shape index (κ1) is 22.7. The third-order valence-electron chi connectivity index (χ3n) is 5.10. The number of carbonyl (C=O) groups is 2. The number of aliphatic imine (C=N–C) groups is 1. The fourth-order valence-electron chi connectivity index (χ4n) is 3.48. The van der Waals surface area contributed by atoms with Crippen LogP contribution < -0.4 is 15.8 Å². The average molecular weight is 434 g/mol. The van der Waals surface area contributed by atoms with Gasteiger partial charge in [0.15, 0.2) is 5.76 Å². The lowest BCUT2D eigenvalue weighted by atomic mass is 10.0. The van der Waals surface area contributed by atoms with Crippen LogP contribution in [0.1, 0.15) is 34.0 Å². The van der Waals surface area contributed by atoms with E-state index in [2.05, 4.69) is 21.9 Å². The van der Waals surface area contributed by atoms with Crippen LogP contribution in [0.2, 0.25) is 0 Å². The molecule has 1 atom stereocenters. The SMILES string of the molecule is C=CC(=O)N1CCC(c2ccc(C(N)=O)c(O/C(C=NC)=C/NCc3ccccc3)n2)C1. The van der Waals surface area contributed by atoms with Crippen molar-refractivity contribution in [2.24, 2.45) is 10.7 Å². The summed E-state index contributed by atoms with van der Waals surface area (Å²) in [5, 5.41) is 3.17. The number of nitrogens with two attached hydrogens (primary N) is 1. The van der Waals surface area contributed by atoms with Crippen molar-refractivity contribution >= 4 is 18.0 Å². The molecule has 32 heavy (non-hydrogen) atoms. The van der Waals surface area contributed by atoms with Crippen LogP contribution in [0, 0.1) is 0 Å². The molecule has 0 bridgehead atoms. The maximum atomic E-state index is 11.9. The molecule has 3 N–H and O–H groups in total. The third kappa shape index (κ3) is 5.81. The van der Waals surface area contributed by atoms with Gasteiger partial charge in [0.1, 0.15) is 5.56 Å². The number of nitrogens with zero attached hydrogens (tertiary/aromatic N) is 3. The second kappa shape index (κ2) is 10.9. The van der Waals surface area contributed by atoms with E-state index in [1.54, 1.807) is 30.3 Å². The molecule has 1 saturated heterocycles. The van der Waals surface area contributed by atoms with Gasteiger partial charge in [-0.25, -0.2) is 4.98 Å². The molecule has 1 aromatic carbocycles. The zero-order valence-corrected chi connectivity index (χ0v) is 18.0. The van der Waals surface area contributed by atoms with Crippen molar-refractivity contribution in [2.45, 2.75) is 18.9 Å². The van der Waals surface area contributed by atoms with E-state index in [1.165, 1.54) is 12.3 Å². The molecule has 3 rings (SSSR count). The maximum Gasteiger partial charge on any atom is 0.254 e. The number of pyridine rings is 1. The number of nitrogens with one attached hydrogen (secondary N) is 1. The summed E-state index contributed by atoms with van der Waals surface area (Å²) in [5.41, 5.74) is 7.54. The van der Waals surface area contributed by atoms with Crippen molar-refractivity contribution in [2.75, 3.05) is 20.1 Å². The zero-order valence-electron chi connectivity index (χ0n) is 18.0. The van der Waals surface area contributed by atoms with Crippen LogP contribution in [-0.4, -0.2) is 48.1 Å². The Morgan fingerprint density at radius 2 is 2.09 bits per heavy atom. The molecule has 0 saturated carbocycles. The molecule has 0 spiro atoms. The number of hydrogen-bond acceptors (Lipinski definition) is 6. The molecule has 8 heteroatoms. The summed E-state index contributed by atoms with van der Waals surface area (Å²) in [6.07, 6.45) is 5.26. The van der Waals surface area contributed by atoms with Crippen molar-refractivity contribution in [3.8, 4) is 5.88 Å². The number of likely N-dealkylation sites (tertiary alicyclic amines) is 1. The number of allylic oxidation sites excluding steroid dienone is 1. The largest absolute Gasteiger partial charge is 0.435 e. The third-order valence-corrected chi connectivity index (χ3v) is 5.10. The molecule has 1 fully saturated rings. The van der Waals surface area contributed by atoms with Crippen LogP contribution in [-0.2, 0) is 11.3 Å². The number of carbonyl (C=O) groups excluding carboxylic acids is 2. The number of ether oxygens (including phenoxy) is 1. The van der Waals surface area contributed by atoms with Crippen molar-refractivity contribution in [3.05, 3.63) is 83.9 Å². The summed E-state index contributed by atoms with van der Waals surface area (Å²) in [7, 11) is 1.62. The fourth-order valence-corrected chi connectivity index (χ4v) is 3.48. The normalized spacial score (nSPS) is 16.2. The molecule has 0 radical (unpaired) electrons. The van der Waals surface area contributed by atoms with Crippen LogP contribution in [0.4, 0.5) is 0 Å². The Morgan fingerprint density at radius 3 is 2.78 bits per heavy atom. The summed E-state index contributed by atoms with van der Waals surface area (Å²) in [5.74, 6) is -0.223. The van der Waals surface area contributed by atoms with Crippen LogP contribution in [0.15, 0.2) is 72.1 Å². The van der Waals surface area contributed by atoms with E-state index in [1.807, 2.05) is 30.3 Å². The van der Waals surface area contributed by atoms with Crippen LogP contribution >= 0.6 is 0 Å². The second-order valence-electron chi connectivity index (χ2n) is 7.33. The Kier molecular flexibility index (Phi) is 7.75. The van der Waals surface area contributed by atoms with Crippen molar-refractivity contribution in [1.29, 1.82) is 0 Å². The van der Waals surface area contributed by atoms with Gasteiger partial charge in [-0.05, 0) is 30.2 Å². The Balaban J connectivity index is 1.79. The predicted octanol–water partition coefficient (Wildman–Crippen LogP) is 2.39. The monoisotopic (exact) mass is 433 g/mol. The van der Waals surface area contributed by atoms with Crippen molar-refractivity contribution in [1.82, 2.24) is 15.2 Å². The minimum absolute atomic E-state index is 0.0339. The summed E-state index contributed by atoms with van der Waals surface area (Å²) in [6, 6.07) is 13.3. The molecule has 166 valence electrons. The summed E-state index contributed by atoms with van der Waals surface area (Å²) < 4.78 is 5.92. The number of rotatable bonds is 9. The summed E-state index contributed by atoms with van der Waals surface area (Å²) >= 11 is 0. The van der Waals surface area contributed by atoms with E-state index in [0.29, 0.717) is 25.4 Å². The first-order valence-electron chi connectivity index (χ1n) is 10.3. The molecule has 1 aliphatic heterocycles. The smallest absolute Gasteiger partial charge is 0.254 e. The quantitative estimate of drug-likeness (QED) is 0.358. The van der Waals surface area contributed by atoms with Crippen LogP contribution in [0.5, 0.6) is 5.88 Å². The number of hydrogen-bond donors (Lipinski definition) is 2. The molecule has 1 aliphatic rings. The highest BCUT2D eigenvalue weighted by molar-refractivity contribution is 5.95. The topological polar surface area (TPSA) is 110 Å². The molecular weight excluding hydrogens is 406 g/mol. The number of benzene rings is 1. The highest BCUT2D eigenvalue weighted by atomic mass is 16.5. The number of primary amides is 1. The van der Waals surface area contributed by atoms with Gasteiger partial charge in [0.25, 0.3) is 5.91 Å². The fraction of sp³-hybridized carbons (Fsp3) is 0.250. The van der Waals surface area contributed by atoms with Gasteiger partial charge in [-0.1, -0.05) is 36.9 Å². The first-order chi connectivity index (χ1) is 15.5. The molecular formula is C24H27N5O3. The van der Waals surface area contributed by atoms with Gasteiger partial charge in [0.2, 0.25) is 11.8 Å². The van der Waals surface area contributed by atoms with Gasteiger partial charge in [-0.2, -0.15) is 0 Å². The van der Waals surface area contributed by atoms with E-state index in [4.69, 9.17) is 10.5 Å². The van der Waals surface area contributed by atoms with Gasteiger partial charge in [0, 0.05) is 44.5 Å². The Labute approximate surface area is 187 Å². The average Bonchev–Trinajstić information content (AvgIpc) is 3.29. The molecule has 1 unspecified atom stereocenters. The number of aromatic nitrogens is 1. The zero-order chi connectivity index (χ0) is 22.9. The van der Waals surface area contributed by atoms with Gasteiger partial charge >= 0.3 is 0 Å². The lowest BCUT2D eigenvalue weighted by Crippen LogP contribution is -2.26. The minimum Gasteiger partial charge on any atom is -0.435 e. The highest BCUT2D eigenvalue weighted by Gasteiger charge is 2.28. The molecule has 1 aromatic heterocycles. The van der Waals surface area contributed by atoms with Gasteiger partial charge in [0.05, 0.1) is 6.21 Å². The number of amides is 2.